The van der Waals surface area contributed by atoms with E-state index in [2.05, 4.69) is 22.2 Å². The van der Waals surface area contributed by atoms with E-state index in [4.69, 9.17) is 18.9 Å². The zero-order valence-electron chi connectivity index (χ0n) is 19.3. The molecule has 0 amide bonds. The van der Waals surface area contributed by atoms with Crippen LogP contribution < -0.4 is 0 Å². The van der Waals surface area contributed by atoms with E-state index in [0.29, 0.717) is 13.2 Å². The van der Waals surface area contributed by atoms with Crippen molar-refractivity contribution >= 4 is 11.8 Å². The Kier molecular flexibility index (Phi) is 7.69. The number of nitrogens with zero attached hydrogens (tertiary/aromatic N) is 3. The fourth-order valence-electron chi connectivity index (χ4n) is 4.33. The Labute approximate surface area is 209 Å². The molecule has 0 aromatic heterocycles. The monoisotopic (exact) mass is 489 g/mol. The molecule has 2 aliphatic heterocycles. The first-order chi connectivity index (χ1) is 17.2. The van der Waals surface area contributed by atoms with E-state index in [1.54, 1.807) is 0 Å². The second-order valence-corrected chi connectivity index (χ2v) is 9.78. The molecule has 0 radical (unpaired) electrons. The largest absolute Gasteiger partial charge is 0.370 e. The van der Waals surface area contributed by atoms with Crippen molar-refractivity contribution in [2.24, 2.45) is 5.11 Å². The maximum atomic E-state index is 9.44. The molecule has 180 valence electrons. The molecule has 3 aromatic carbocycles. The second kappa shape index (κ2) is 11.3. The van der Waals surface area contributed by atoms with Gasteiger partial charge in [0.25, 0.3) is 0 Å². The molecule has 2 aliphatic rings. The normalized spacial score (nSPS) is 28.0. The van der Waals surface area contributed by atoms with Crippen molar-refractivity contribution in [2.75, 3.05) is 6.61 Å². The van der Waals surface area contributed by atoms with Gasteiger partial charge >= 0.3 is 0 Å². The minimum Gasteiger partial charge on any atom is -0.370 e. The van der Waals surface area contributed by atoms with Crippen LogP contribution in [0.15, 0.2) is 94.9 Å². The summed E-state index contributed by atoms with van der Waals surface area (Å²) < 4.78 is 25.3. The van der Waals surface area contributed by atoms with Crippen LogP contribution in [0.4, 0.5) is 0 Å². The molecule has 0 aliphatic carbocycles. The Balaban J connectivity index is 1.42. The molecule has 35 heavy (non-hydrogen) atoms. The zero-order valence-corrected chi connectivity index (χ0v) is 20.2. The lowest BCUT2D eigenvalue weighted by molar-refractivity contribution is -0.311. The summed E-state index contributed by atoms with van der Waals surface area (Å²) in [6.07, 6.45) is -1.87. The van der Waals surface area contributed by atoms with Crippen LogP contribution in [0.1, 0.15) is 23.0 Å². The highest BCUT2D eigenvalue weighted by molar-refractivity contribution is 7.99. The number of ether oxygens (including phenoxy) is 4. The number of fused-ring (bicyclic) bond motifs is 1. The van der Waals surface area contributed by atoms with Gasteiger partial charge in [0, 0.05) is 15.4 Å². The van der Waals surface area contributed by atoms with E-state index < -0.39 is 30.0 Å². The first kappa shape index (κ1) is 23.9. The maximum Gasteiger partial charge on any atom is 0.184 e. The van der Waals surface area contributed by atoms with Gasteiger partial charge in [-0.05, 0) is 30.2 Å². The summed E-state index contributed by atoms with van der Waals surface area (Å²) in [7, 11) is 0. The van der Waals surface area contributed by atoms with Crippen LogP contribution >= 0.6 is 11.8 Å². The summed E-state index contributed by atoms with van der Waals surface area (Å²) in [5.74, 6) is 0. The molecule has 3 aromatic rings. The quantitative estimate of drug-likeness (QED) is 0.224. The van der Waals surface area contributed by atoms with Crippen LogP contribution in [-0.2, 0) is 25.6 Å². The average molecular weight is 490 g/mol. The first-order valence-electron chi connectivity index (χ1n) is 11.6. The smallest absolute Gasteiger partial charge is 0.184 e. The number of aryl methyl sites for hydroxylation is 1. The topological polar surface area (TPSA) is 85.7 Å². The molecule has 0 bridgehead atoms. The van der Waals surface area contributed by atoms with Crippen LogP contribution in [0.25, 0.3) is 10.4 Å². The predicted molar refractivity (Wildman–Crippen MR) is 134 cm³/mol. The van der Waals surface area contributed by atoms with Gasteiger partial charge in [-0.1, -0.05) is 95.2 Å². The second-order valence-electron chi connectivity index (χ2n) is 8.61. The minimum absolute atomic E-state index is 0.351. The van der Waals surface area contributed by atoms with Crippen molar-refractivity contribution in [3.05, 3.63) is 112 Å². The van der Waals surface area contributed by atoms with Crippen LogP contribution in [0.3, 0.4) is 0 Å². The Morgan fingerprint density at radius 3 is 2.40 bits per heavy atom. The summed E-state index contributed by atoms with van der Waals surface area (Å²) in [6.45, 7) is 2.77. The zero-order chi connectivity index (χ0) is 24.0. The van der Waals surface area contributed by atoms with E-state index in [0.717, 1.165) is 16.0 Å². The van der Waals surface area contributed by atoms with Gasteiger partial charge < -0.3 is 18.9 Å². The Hall–Kier alpha value is -2.84. The Morgan fingerprint density at radius 1 is 0.971 bits per heavy atom. The van der Waals surface area contributed by atoms with E-state index in [1.807, 2.05) is 79.7 Å². The molecule has 0 N–H and O–H groups in total. The van der Waals surface area contributed by atoms with Crippen molar-refractivity contribution in [1.29, 1.82) is 0 Å². The minimum atomic E-state index is -0.592. The van der Waals surface area contributed by atoms with Crippen molar-refractivity contribution in [3.63, 3.8) is 0 Å². The fourth-order valence-corrected chi connectivity index (χ4v) is 5.44. The molecule has 8 heteroatoms. The van der Waals surface area contributed by atoms with Gasteiger partial charge in [-0.2, -0.15) is 0 Å². The number of azide groups is 1. The van der Waals surface area contributed by atoms with Crippen LogP contribution in [0, 0.1) is 6.92 Å². The maximum absolute atomic E-state index is 9.44. The third kappa shape index (κ3) is 5.70. The summed E-state index contributed by atoms with van der Waals surface area (Å²) >= 11 is 1.52. The van der Waals surface area contributed by atoms with Gasteiger partial charge in [0.15, 0.2) is 6.29 Å². The standard InChI is InChI=1S/C27H27N3O4S/c1-18-12-14-21(15-13-18)35-27-23(29-30-28)25(31-16-19-8-4-2-5-9-19)24-22(33-27)17-32-26(34-24)20-10-6-3-7-11-20/h2-15,22-27H,16-17H2,1H3/t22-,23-,24-,25-,26-,27+/m1/s1. The van der Waals surface area contributed by atoms with Gasteiger partial charge in [0.1, 0.15) is 23.7 Å². The molecule has 0 spiro atoms. The van der Waals surface area contributed by atoms with Gasteiger partial charge in [-0.15, -0.1) is 0 Å². The highest BCUT2D eigenvalue weighted by atomic mass is 32.2. The predicted octanol–water partition coefficient (Wildman–Crippen LogP) is 6.19. The number of rotatable bonds is 7. The Morgan fingerprint density at radius 2 is 1.69 bits per heavy atom. The molecule has 5 rings (SSSR count). The van der Waals surface area contributed by atoms with Gasteiger partial charge in [-0.25, -0.2) is 0 Å². The fraction of sp³-hybridized carbons (Fsp3) is 0.333. The van der Waals surface area contributed by atoms with Crippen molar-refractivity contribution in [3.8, 4) is 0 Å². The van der Waals surface area contributed by atoms with Crippen molar-refractivity contribution in [1.82, 2.24) is 0 Å². The number of benzene rings is 3. The van der Waals surface area contributed by atoms with Gasteiger partial charge in [-0.3, -0.25) is 0 Å². The third-order valence-electron chi connectivity index (χ3n) is 6.12. The number of hydrogen-bond donors (Lipinski definition) is 0. The lowest BCUT2D eigenvalue weighted by atomic mass is 9.97. The van der Waals surface area contributed by atoms with E-state index in [9.17, 15) is 5.53 Å². The van der Waals surface area contributed by atoms with Gasteiger partial charge in [0.2, 0.25) is 0 Å². The van der Waals surface area contributed by atoms with Crippen LogP contribution in [0.2, 0.25) is 0 Å². The summed E-state index contributed by atoms with van der Waals surface area (Å²) in [4.78, 5) is 4.18. The highest BCUT2D eigenvalue weighted by Crippen LogP contribution is 2.41. The van der Waals surface area contributed by atoms with Crippen molar-refractivity contribution in [2.45, 2.75) is 54.5 Å². The lowest BCUT2D eigenvalue weighted by Crippen LogP contribution is -2.61. The molecule has 0 unspecified atom stereocenters. The van der Waals surface area contributed by atoms with Crippen LogP contribution in [-0.4, -0.2) is 36.4 Å². The van der Waals surface area contributed by atoms with E-state index in [-0.39, 0.29) is 6.10 Å². The third-order valence-corrected chi connectivity index (χ3v) is 7.29. The number of thioether (sulfide) groups is 1. The molecule has 2 saturated heterocycles. The van der Waals surface area contributed by atoms with Gasteiger partial charge in [0.05, 0.1) is 19.3 Å². The molecular weight excluding hydrogens is 462 g/mol. The lowest BCUT2D eigenvalue weighted by Gasteiger charge is -2.48. The van der Waals surface area contributed by atoms with Crippen LogP contribution in [0.5, 0.6) is 0 Å². The Bertz CT molecular complexity index is 1140. The summed E-state index contributed by atoms with van der Waals surface area (Å²) in [6, 6.07) is 27.3. The van der Waals surface area contributed by atoms with E-state index >= 15 is 0 Å². The molecule has 2 heterocycles. The molecule has 0 saturated carbocycles. The van der Waals surface area contributed by atoms with E-state index in [1.165, 1.54) is 17.3 Å². The molecule has 6 atom stereocenters. The summed E-state index contributed by atoms with van der Waals surface area (Å²) in [5, 5.41) is 4.15. The molecule has 2 fully saturated rings. The molecule has 7 nitrogen and oxygen atoms in total. The average Bonchev–Trinajstić information content (AvgIpc) is 2.90. The SMILES string of the molecule is Cc1ccc(S[C@@H]2O[C@@H]3CO[C@@H](c4ccccc4)O[C@H]3[C@H](OCc3ccccc3)[C@H]2N=[N+]=[N-])cc1. The highest BCUT2D eigenvalue weighted by Gasteiger charge is 2.50. The van der Waals surface area contributed by atoms with Crippen molar-refractivity contribution < 1.29 is 18.9 Å². The number of hydrogen-bond acceptors (Lipinski definition) is 6. The first-order valence-corrected chi connectivity index (χ1v) is 12.5. The summed E-state index contributed by atoms with van der Waals surface area (Å²) in [5.41, 5.74) is 12.1. The molecular formula is C27H27N3O4S.